The average molecular weight is 323 g/mol. The van der Waals surface area contributed by atoms with Crippen molar-refractivity contribution in [1.82, 2.24) is 4.98 Å². The number of anilines is 2. The number of amides is 1. The van der Waals surface area contributed by atoms with E-state index in [0.717, 1.165) is 28.9 Å². The number of carbonyl (C=O) groups excluding carboxylic acids is 1. The molecule has 0 saturated heterocycles. The summed E-state index contributed by atoms with van der Waals surface area (Å²) in [7, 11) is 0. The highest BCUT2D eigenvalue weighted by molar-refractivity contribution is 7.14. The van der Waals surface area contributed by atoms with Crippen LogP contribution in [-0.2, 0) is 11.2 Å². The monoisotopic (exact) mass is 323 g/mol. The van der Waals surface area contributed by atoms with E-state index in [4.69, 9.17) is 5.73 Å². The standard InChI is InChI=1S/C18H17N3OS/c19-15-9-7-14(8-10-15)16-12-23-18(20-16)21-17(22)11-6-13-4-2-1-3-5-13/h1-5,7-10,12H,6,11,19H2,(H,20,21,22). The second kappa shape index (κ2) is 7.07. The molecule has 0 bridgehead atoms. The van der Waals surface area contributed by atoms with Crippen LogP contribution in [0, 0.1) is 0 Å². The van der Waals surface area contributed by atoms with Gasteiger partial charge in [-0.05, 0) is 24.1 Å². The van der Waals surface area contributed by atoms with Crippen molar-refractivity contribution < 1.29 is 4.79 Å². The summed E-state index contributed by atoms with van der Waals surface area (Å²) in [5.74, 6) is -0.0212. The predicted molar refractivity (Wildman–Crippen MR) is 95.4 cm³/mol. The molecule has 0 aliphatic carbocycles. The Kier molecular flexibility index (Phi) is 4.68. The molecule has 0 fully saturated rings. The number of rotatable bonds is 5. The van der Waals surface area contributed by atoms with Gasteiger partial charge < -0.3 is 11.1 Å². The Hall–Kier alpha value is -2.66. The molecule has 23 heavy (non-hydrogen) atoms. The number of thiazole rings is 1. The maximum Gasteiger partial charge on any atom is 0.226 e. The summed E-state index contributed by atoms with van der Waals surface area (Å²) in [4.78, 5) is 16.5. The van der Waals surface area contributed by atoms with Crippen LogP contribution in [0.2, 0.25) is 0 Å². The van der Waals surface area contributed by atoms with Gasteiger partial charge in [-0.1, -0.05) is 42.5 Å². The van der Waals surface area contributed by atoms with Gasteiger partial charge in [-0.3, -0.25) is 4.79 Å². The van der Waals surface area contributed by atoms with Crippen molar-refractivity contribution in [2.45, 2.75) is 12.8 Å². The van der Waals surface area contributed by atoms with Crippen LogP contribution in [-0.4, -0.2) is 10.9 Å². The fourth-order valence-electron chi connectivity index (χ4n) is 2.20. The second-order valence-corrected chi connectivity index (χ2v) is 6.05. The fraction of sp³-hybridized carbons (Fsp3) is 0.111. The van der Waals surface area contributed by atoms with Gasteiger partial charge in [-0.2, -0.15) is 0 Å². The number of carbonyl (C=O) groups is 1. The van der Waals surface area contributed by atoms with Crippen molar-refractivity contribution >= 4 is 28.1 Å². The number of nitrogens with zero attached hydrogens (tertiary/aromatic N) is 1. The SMILES string of the molecule is Nc1ccc(-c2csc(NC(=O)CCc3ccccc3)n2)cc1. The minimum Gasteiger partial charge on any atom is -0.399 e. The van der Waals surface area contributed by atoms with Gasteiger partial charge in [-0.25, -0.2) is 4.98 Å². The van der Waals surface area contributed by atoms with Gasteiger partial charge in [0.2, 0.25) is 5.91 Å². The van der Waals surface area contributed by atoms with Gasteiger partial charge in [-0.15, -0.1) is 11.3 Å². The molecule has 3 rings (SSSR count). The van der Waals surface area contributed by atoms with Crippen molar-refractivity contribution in [3.05, 3.63) is 65.5 Å². The van der Waals surface area contributed by atoms with E-state index >= 15 is 0 Å². The van der Waals surface area contributed by atoms with Gasteiger partial charge in [0.1, 0.15) is 0 Å². The number of hydrogen-bond acceptors (Lipinski definition) is 4. The van der Waals surface area contributed by atoms with Gasteiger partial charge in [0, 0.05) is 23.1 Å². The lowest BCUT2D eigenvalue weighted by molar-refractivity contribution is -0.116. The molecule has 0 saturated carbocycles. The molecule has 3 N–H and O–H groups in total. The highest BCUT2D eigenvalue weighted by Gasteiger charge is 2.08. The van der Waals surface area contributed by atoms with Crippen LogP contribution in [0.25, 0.3) is 11.3 Å². The number of nitrogen functional groups attached to an aromatic ring is 1. The molecule has 0 radical (unpaired) electrons. The highest BCUT2D eigenvalue weighted by atomic mass is 32.1. The number of nitrogens with one attached hydrogen (secondary N) is 1. The normalized spacial score (nSPS) is 10.4. The predicted octanol–water partition coefficient (Wildman–Crippen LogP) is 3.96. The molecule has 5 heteroatoms. The molecule has 0 aliphatic rings. The van der Waals surface area contributed by atoms with E-state index in [0.29, 0.717) is 11.6 Å². The van der Waals surface area contributed by atoms with E-state index in [-0.39, 0.29) is 5.91 Å². The molecule has 1 heterocycles. The Bertz CT molecular complexity index is 782. The van der Waals surface area contributed by atoms with Crippen LogP contribution in [0.3, 0.4) is 0 Å². The van der Waals surface area contributed by atoms with E-state index in [1.54, 1.807) is 0 Å². The van der Waals surface area contributed by atoms with Gasteiger partial charge >= 0.3 is 0 Å². The summed E-state index contributed by atoms with van der Waals surface area (Å²) >= 11 is 1.42. The van der Waals surface area contributed by atoms with E-state index in [1.165, 1.54) is 11.3 Å². The van der Waals surface area contributed by atoms with Crippen LogP contribution >= 0.6 is 11.3 Å². The van der Waals surface area contributed by atoms with Crippen molar-refractivity contribution in [2.24, 2.45) is 0 Å². The van der Waals surface area contributed by atoms with E-state index < -0.39 is 0 Å². The quantitative estimate of drug-likeness (QED) is 0.698. The zero-order chi connectivity index (χ0) is 16.1. The van der Waals surface area contributed by atoms with Crippen LogP contribution in [0.5, 0.6) is 0 Å². The van der Waals surface area contributed by atoms with Gasteiger partial charge in [0.25, 0.3) is 0 Å². The molecular formula is C18H17N3OS. The Morgan fingerprint density at radius 2 is 1.83 bits per heavy atom. The molecule has 1 amide bonds. The summed E-state index contributed by atoms with van der Waals surface area (Å²) in [5, 5.41) is 5.41. The van der Waals surface area contributed by atoms with Crippen LogP contribution in [0.1, 0.15) is 12.0 Å². The summed E-state index contributed by atoms with van der Waals surface area (Å²) in [6.45, 7) is 0. The summed E-state index contributed by atoms with van der Waals surface area (Å²) in [6, 6.07) is 17.5. The van der Waals surface area contributed by atoms with Crippen molar-refractivity contribution in [3.63, 3.8) is 0 Å². The Balaban J connectivity index is 1.58. The molecule has 0 unspecified atom stereocenters. The minimum absolute atomic E-state index is 0.0212. The molecule has 2 aromatic carbocycles. The third-order valence-corrected chi connectivity index (χ3v) is 4.20. The average Bonchev–Trinajstić information content (AvgIpc) is 3.03. The molecule has 4 nitrogen and oxygen atoms in total. The zero-order valence-electron chi connectivity index (χ0n) is 12.5. The molecule has 0 atom stereocenters. The van der Waals surface area contributed by atoms with Crippen LogP contribution in [0.15, 0.2) is 60.0 Å². The third kappa shape index (κ3) is 4.17. The molecule has 0 aliphatic heterocycles. The number of hydrogen-bond donors (Lipinski definition) is 2. The lowest BCUT2D eigenvalue weighted by Gasteiger charge is -2.02. The largest absolute Gasteiger partial charge is 0.399 e. The van der Waals surface area contributed by atoms with E-state index in [9.17, 15) is 4.79 Å². The first-order valence-electron chi connectivity index (χ1n) is 7.36. The number of aryl methyl sites for hydroxylation is 1. The minimum atomic E-state index is -0.0212. The Morgan fingerprint density at radius 1 is 1.09 bits per heavy atom. The van der Waals surface area contributed by atoms with Crippen LogP contribution < -0.4 is 11.1 Å². The lowest BCUT2D eigenvalue weighted by Crippen LogP contribution is -2.12. The molecular weight excluding hydrogens is 306 g/mol. The van der Waals surface area contributed by atoms with E-state index in [1.807, 2.05) is 60.0 Å². The van der Waals surface area contributed by atoms with E-state index in [2.05, 4.69) is 10.3 Å². The maximum absolute atomic E-state index is 12.0. The van der Waals surface area contributed by atoms with Crippen molar-refractivity contribution in [1.29, 1.82) is 0 Å². The topological polar surface area (TPSA) is 68.0 Å². The van der Waals surface area contributed by atoms with Crippen molar-refractivity contribution in [2.75, 3.05) is 11.1 Å². The summed E-state index contributed by atoms with van der Waals surface area (Å²) in [5.41, 5.74) is 9.39. The Morgan fingerprint density at radius 3 is 2.57 bits per heavy atom. The number of benzene rings is 2. The molecule has 0 spiro atoms. The number of nitrogens with two attached hydrogens (primary N) is 1. The highest BCUT2D eigenvalue weighted by Crippen LogP contribution is 2.25. The van der Waals surface area contributed by atoms with Gasteiger partial charge in [0.05, 0.1) is 5.69 Å². The fourth-order valence-corrected chi connectivity index (χ4v) is 2.94. The lowest BCUT2D eigenvalue weighted by atomic mass is 10.1. The Labute approximate surface area is 139 Å². The smallest absolute Gasteiger partial charge is 0.226 e. The summed E-state index contributed by atoms with van der Waals surface area (Å²) in [6.07, 6.45) is 1.17. The molecule has 116 valence electrons. The summed E-state index contributed by atoms with van der Waals surface area (Å²) < 4.78 is 0. The van der Waals surface area contributed by atoms with Gasteiger partial charge in [0.15, 0.2) is 5.13 Å². The molecule has 3 aromatic rings. The number of aromatic nitrogens is 1. The van der Waals surface area contributed by atoms with Crippen molar-refractivity contribution in [3.8, 4) is 11.3 Å². The maximum atomic E-state index is 12.0. The first kappa shape index (κ1) is 15.2. The first-order chi connectivity index (χ1) is 11.2. The molecule has 1 aromatic heterocycles. The first-order valence-corrected chi connectivity index (χ1v) is 8.24. The third-order valence-electron chi connectivity index (χ3n) is 3.44. The zero-order valence-corrected chi connectivity index (χ0v) is 13.3. The second-order valence-electron chi connectivity index (χ2n) is 5.19. The van der Waals surface area contributed by atoms with Crippen LogP contribution in [0.4, 0.5) is 10.8 Å².